The highest BCUT2D eigenvalue weighted by Gasteiger charge is 2.38. The maximum absolute atomic E-state index is 10.6. The van der Waals surface area contributed by atoms with Crippen molar-refractivity contribution in [1.82, 2.24) is 25.1 Å². The number of aromatic amines is 1. The molecule has 16 heteroatoms. The number of hydrogen-bond donors (Lipinski definition) is 3. The molecular weight excluding hydrogens is 526 g/mol. The van der Waals surface area contributed by atoms with E-state index in [0.717, 1.165) is 50.6 Å². The van der Waals surface area contributed by atoms with Crippen molar-refractivity contribution in [3.8, 4) is 0 Å². The summed E-state index contributed by atoms with van der Waals surface area (Å²) in [6.07, 6.45) is -5.43. The molecule has 0 atom stereocenters. The van der Waals surface area contributed by atoms with Gasteiger partial charge >= 0.3 is 24.3 Å². The van der Waals surface area contributed by atoms with Gasteiger partial charge in [0, 0.05) is 50.5 Å². The third kappa shape index (κ3) is 9.49. The minimum atomic E-state index is -5.08. The Labute approximate surface area is 211 Å². The van der Waals surface area contributed by atoms with Gasteiger partial charge in [0.05, 0.1) is 11.2 Å². The predicted molar refractivity (Wildman–Crippen MR) is 122 cm³/mol. The number of aliphatic carboxylic acids is 2. The van der Waals surface area contributed by atoms with Crippen LogP contribution in [0.4, 0.5) is 32.3 Å². The molecule has 1 aliphatic heterocycles. The Kier molecular flexibility index (Phi) is 10.4. The van der Waals surface area contributed by atoms with Crippen LogP contribution in [0, 0.1) is 6.92 Å². The van der Waals surface area contributed by atoms with Crippen molar-refractivity contribution in [3.63, 3.8) is 0 Å². The lowest BCUT2D eigenvalue weighted by atomic mass is 10.1. The van der Waals surface area contributed by atoms with E-state index in [1.807, 2.05) is 18.5 Å². The molecule has 3 heterocycles. The van der Waals surface area contributed by atoms with Crippen molar-refractivity contribution in [2.75, 3.05) is 31.1 Å². The Morgan fingerprint density at radius 3 is 2.08 bits per heavy atom. The number of hydrogen-bond acceptors (Lipinski definition) is 7. The molecule has 10 nitrogen and oxygen atoms in total. The molecule has 0 bridgehead atoms. The lowest BCUT2D eigenvalue weighted by molar-refractivity contribution is -0.193. The predicted octanol–water partition coefficient (Wildman–Crippen LogP) is 3.64. The van der Waals surface area contributed by atoms with Crippen LogP contribution in [0.3, 0.4) is 0 Å². The van der Waals surface area contributed by atoms with E-state index in [-0.39, 0.29) is 0 Å². The summed E-state index contributed by atoms with van der Waals surface area (Å²) >= 11 is 0. The van der Waals surface area contributed by atoms with Crippen molar-refractivity contribution >= 4 is 28.8 Å². The molecule has 0 saturated carbocycles. The van der Waals surface area contributed by atoms with Gasteiger partial charge in [-0.2, -0.15) is 31.4 Å². The monoisotopic (exact) mass is 550 g/mol. The lowest BCUT2D eigenvalue weighted by Gasteiger charge is -2.21. The molecule has 208 valence electrons. The van der Waals surface area contributed by atoms with Gasteiger partial charge in [-0.3, -0.25) is 10.00 Å². The Morgan fingerprint density at radius 1 is 0.947 bits per heavy atom. The molecule has 1 aromatic carbocycles. The fraction of sp³-hybridized carbons (Fsp3) is 0.409. The number of nitrogens with zero attached hydrogens (tertiary/aromatic N) is 5. The standard InChI is InChI=1S/C18H22N6.2C2HF3O2/c1-14-4-5-16-15(12-14)17(22-21-16)13-23-8-3-9-24(11-10-23)18-19-6-2-7-20-18;2*3-2(4,5)1(6)7/h2,4-7,12H,3,8-11,13H2,1H3,(H,21,22);2*(H,6,7). The van der Waals surface area contributed by atoms with E-state index < -0.39 is 24.3 Å². The molecule has 38 heavy (non-hydrogen) atoms. The fourth-order valence-electron chi connectivity index (χ4n) is 3.30. The first-order valence-electron chi connectivity index (χ1n) is 11.0. The summed E-state index contributed by atoms with van der Waals surface area (Å²) < 4.78 is 63.5. The van der Waals surface area contributed by atoms with E-state index in [2.05, 4.69) is 55.1 Å². The second-order valence-corrected chi connectivity index (χ2v) is 7.99. The van der Waals surface area contributed by atoms with Crippen molar-refractivity contribution in [2.45, 2.75) is 32.2 Å². The summed E-state index contributed by atoms with van der Waals surface area (Å²) in [5.74, 6) is -4.68. The summed E-state index contributed by atoms with van der Waals surface area (Å²) in [7, 11) is 0. The molecule has 3 N–H and O–H groups in total. The first kappa shape index (κ1) is 30.3. The fourth-order valence-corrected chi connectivity index (χ4v) is 3.30. The maximum atomic E-state index is 10.6. The van der Waals surface area contributed by atoms with Gasteiger partial charge in [0.2, 0.25) is 5.95 Å². The van der Waals surface area contributed by atoms with Crippen LogP contribution in [-0.4, -0.2) is 85.7 Å². The zero-order valence-corrected chi connectivity index (χ0v) is 19.9. The first-order chi connectivity index (χ1) is 17.7. The Balaban J connectivity index is 0.000000301. The normalized spacial score (nSPS) is 14.6. The van der Waals surface area contributed by atoms with Crippen LogP contribution in [0.25, 0.3) is 10.9 Å². The molecule has 0 spiro atoms. The van der Waals surface area contributed by atoms with Gasteiger partial charge in [0.15, 0.2) is 0 Å². The van der Waals surface area contributed by atoms with E-state index in [4.69, 9.17) is 19.8 Å². The number of rotatable bonds is 3. The smallest absolute Gasteiger partial charge is 0.475 e. The molecule has 0 unspecified atom stereocenters. The molecule has 0 aliphatic carbocycles. The van der Waals surface area contributed by atoms with Crippen LogP contribution in [0.5, 0.6) is 0 Å². The van der Waals surface area contributed by atoms with Crippen molar-refractivity contribution in [1.29, 1.82) is 0 Å². The molecule has 1 fully saturated rings. The molecule has 1 aliphatic rings. The highest BCUT2D eigenvalue weighted by Crippen LogP contribution is 2.20. The summed E-state index contributed by atoms with van der Waals surface area (Å²) in [6.45, 7) is 7.07. The number of carboxylic acid groups (broad SMARTS) is 2. The van der Waals surface area contributed by atoms with Gasteiger partial charge < -0.3 is 15.1 Å². The number of carboxylic acids is 2. The van der Waals surface area contributed by atoms with E-state index in [9.17, 15) is 26.3 Å². The second kappa shape index (κ2) is 13.0. The molecule has 0 amide bonds. The molecule has 2 aromatic heterocycles. The topological polar surface area (TPSA) is 136 Å². The second-order valence-electron chi connectivity index (χ2n) is 7.99. The van der Waals surface area contributed by atoms with Crippen LogP contribution in [0.2, 0.25) is 0 Å². The summed E-state index contributed by atoms with van der Waals surface area (Å²) in [4.78, 5) is 31.3. The maximum Gasteiger partial charge on any atom is 0.490 e. The first-order valence-corrected chi connectivity index (χ1v) is 11.0. The molecule has 0 radical (unpaired) electrons. The lowest BCUT2D eigenvalue weighted by Crippen LogP contribution is -2.31. The van der Waals surface area contributed by atoms with Crippen molar-refractivity contribution in [3.05, 3.63) is 47.9 Å². The van der Waals surface area contributed by atoms with E-state index in [1.165, 1.54) is 16.6 Å². The molecule has 4 rings (SSSR count). The Bertz CT molecular complexity index is 1180. The van der Waals surface area contributed by atoms with Gasteiger partial charge in [-0.15, -0.1) is 0 Å². The molecular formula is C22H24F6N6O4. The van der Waals surface area contributed by atoms with Gasteiger partial charge in [-0.1, -0.05) is 11.6 Å². The number of benzene rings is 1. The number of aromatic nitrogens is 4. The zero-order valence-electron chi connectivity index (χ0n) is 19.9. The third-order valence-corrected chi connectivity index (χ3v) is 5.08. The number of halogens is 6. The largest absolute Gasteiger partial charge is 0.490 e. The van der Waals surface area contributed by atoms with E-state index in [1.54, 1.807) is 0 Å². The summed E-state index contributed by atoms with van der Waals surface area (Å²) in [5.41, 5.74) is 3.52. The number of aryl methyl sites for hydroxylation is 1. The number of anilines is 1. The van der Waals surface area contributed by atoms with E-state index >= 15 is 0 Å². The minimum Gasteiger partial charge on any atom is -0.475 e. The van der Waals surface area contributed by atoms with Crippen LogP contribution in [-0.2, 0) is 16.1 Å². The Hall–Kier alpha value is -3.95. The Morgan fingerprint density at radius 2 is 1.53 bits per heavy atom. The molecule has 1 saturated heterocycles. The minimum absolute atomic E-state index is 0.835. The van der Waals surface area contributed by atoms with Crippen molar-refractivity contribution in [2.24, 2.45) is 0 Å². The van der Waals surface area contributed by atoms with Gasteiger partial charge in [-0.25, -0.2) is 19.6 Å². The van der Waals surface area contributed by atoms with E-state index in [0.29, 0.717) is 0 Å². The number of H-pyrrole nitrogens is 1. The van der Waals surface area contributed by atoms with Gasteiger partial charge in [-0.05, 0) is 31.5 Å². The zero-order chi connectivity index (χ0) is 28.5. The van der Waals surface area contributed by atoms with Gasteiger partial charge in [0.25, 0.3) is 0 Å². The third-order valence-electron chi connectivity index (χ3n) is 5.08. The SMILES string of the molecule is Cc1ccc2n[nH]c(CN3CCCN(c4ncccn4)CC3)c2c1.O=C(O)C(F)(F)F.O=C(O)C(F)(F)F. The quantitative estimate of drug-likeness (QED) is 0.418. The molecule has 3 aromatic rings. The average Bonchev–Trinajstić information content (AvgIpc) is 3.06. The van der Waals surface area contributed by atoms with Crippen LogP contribution < -0.4 is 4.90 Å². The highest BCUT2D eigenvalue weighted by molar-refractivity contribution is 5.82. The highest BCUT2D eigenvalue weighted by atomic mass is 19.4. The number of carbonyl (C=O) groups is 2. The summed E-state index contributed by atoms with van der Waals surface area (Å²) in [6, 6.07) is 8.27. The number of fused-ring (bicyclic) bond motifs is 1. The van der Waals surface area contributed by atoms with Crippen LogP contribution >= 0.6 is 0 Å². The average molecular weight is 550 g/mol. The number of alkyl halides is 6. The summed E-state index contributed by atoms with van der Waals surface area (Å²) in [5, 5.41) is 23.1. The number of nitrogens with one attached hydrogen (secondary N) is 1. The van der Waals surface area contributed by atoms with Crippen LogP contribution in [0.1, 0.15) is 17.7 Å². The van der Waals surface area contributed by atoms with Gasteiger partial charge in [0.1, 0.15) is 0 Å². The van der Waals surface area contributed by atoms with Crippen LogP contribution in [0.15, 0.2) is 36.7 Å². The van der Waals surface area contributed by atoms with Crippen molar-refractivity contribution < 1.29 is 46.1 Å².